The van der Waals surface area contributed by atoms with Crippen LogP contribution in [0.4, 0.5) is 0 Å². The average Bonchev–Trinajstić information content (AvgIpc) is 2.87. The van der Waals surface area contributed by atoms with Crippen LogP contribution in [-0.2, 0) is 12.0 Å². The molecular formula is C19H27NO. The topological polar surface area (TPSA) is 25.2 Å². The Morgan fingerprint density at radius 3 is 2.33 bits per heavy atom. The highest BCUT2D eigenvalue weighted by atomic mass is 16.3. The second-order valence-electron chi connectivity index (χ2n) is 6.87. The molecule has 0 spiro atoms. The average molecular weight is 285 g/mol. The number of benzene rings is 1. The van der Waals surface area contributed by atoms with Crippen molar-refractivity contribution in [3.8, 4) is 0 Å². The normalized spacial score (nSPS) is 13.4. The fourth-order valence-corrected chi connectivity index (χ4v) is 2.52. The van der Waals surface area contributed by atoms with Crippen molar-refractivity contribution in [2.45, 2.75) is 58.6 Å². The Balaban J connectivity index is 2.05. The van der Waals surface area contributed by atoms with Gasteiger partial charge in [0.2, 0.25) is 0 Å². The van der Waals surface area contributed by atoms with Crippen molar-refractivity contribution in [3.63, 3.8) is 0 Å². The predicted molar refractivity (Wildman–Crippen MR) is 88.5 cm³/mol. The van der Waals surface area contributed by atoms with E-state index in [4.69, 9.17) is 0 Å². The highest BCUT2D eigenvalue weighted by Gasteiger charge is 2.13. The third-order valence-electron chi connectivity index (χ3n) is 3.91. The number of nitrogens with zero attached hydrogens (tertiary/aromatic N) is 1. The number of aliphatic hydroxyl groups is 1. The molecule has 2 aromatic rings. The highest BCUT2D eigenvalue weighted by molar-refractivity contribution is 5.28. The summed E-state index contributed by atoms with van der Waals surface area (Å²) in [6, 6.07) is 10.8. The van der Waals surface area contributed by atoms with Gasteiger partial charge in [-0.2, -0.15) is 0 Å². The van der Waals surface area contributed by atoms with Crippen molar-refractivity contribution < 1.29 is 5.11 Å². The summed E-state index contributed by atoms with van der Waals surface area (Å²) in [6.45, 7) is 9.64. The fraction of sp³-hybridized carbons (Fsp3) is 0.474. The number of hydrogen-bond donors (Lipinski definition) is 1. The number of hydrogen-bond acceptors (Lipinski definition) is 1. The van der Waals surface area contributed by atoms with Crippen LogP contribution in [0, 0.1) is 0 Å². The quantitative estimate of drug-likeness (QED) is 0.848. The van der Waals surface area contributed by atoms with Crippen LogP contribution in [0.25, 0.3) is 0 Å². The zero-order chi connectivity index (χ0) is 15.5. The molecule has 2 rings (SSSR count). The molecule has 0 fully saturated rings. The molecule has 21 heavy (non-hydrogen) atoms. The first-order chi connectivity index (χ1) is 9.90. The molecule has 0 saturated carbocycles. The van der Waals surface area contributed by atoms with Crippen molar-refractivity contribution in [2.75, 3.05) is 0 Å². The van der Waals surface area contributed by atoms with E-state index in [0.29, 0.717) is 0 Å². The first-order valence-electron chi connectivity index (χ1n) is 7.83. The highest BCUT2D eigenvalue weighted by Crippen LogP contribution is 2.23. The van der Waals surface area contributed by atoms with Crippen LogP contribution in [0.15, 0.2) is 42.7 Å². The molecule has 1 N–H and O–H groups in total. The van der Waals surface area contributed by atoms with Gasteiger partial charge in [0.1, 0.15) is 0 Å². The summed E-state index contributed by atoms with van der Waals surface area (Å²) in [4.78, 5) is 0. The largest absolute Gasteiger partial charge is 0.388 e. The van der Waals surface area contributed by atoms with Crippen LogP contribution in [0.5, 0.6) is 0 Å². The molecule has 1 unspecified atom stereocenters. The molecule has 0 aliphatic rings. The predicted octanol–water partition coefficient (Wildman–Crippen LogP) is 4.67. The zero-order valence-corrected chi connectivity index (χ0v) is 13.6. The van der Waals surface area contributed by atoms with E-state index in [-0.39, 0.29) is 11.5 Å². The van der Waals surface area contributed by atoms with E-state index in [1.54, 1.807) is 0 Å². The van der Waals surface area contributed by atoms with E-state index in [2.05, 4.69) is 62.7 Å². The molecule has 1 atom stereocenters. The molecule has 2 nitrogen and oxygen atoms in total. The summed E-state index contributed by atoms with van der Waals surface area (Å²) in [5, 5.41) is 10.0. The van der Waals surface area contributed by atoms with Gasteiger partial charge in [-0.3, -0.25) is 0 Å². The molecule has 0 amide bonds. The van der Waals surface area contributed by atoms with Crippen LogP contribution >= 0.6 is 0 Å². The molecule has 2 heteroatoms. The van der Waals surface area contributed by atoms with Crippen molar-refractivity contribution in [1.29, 1.82) is 0 Å². The van der Waals surface area contributed by atoms with E-state index in [0.717, 1.165) is 24.9 Å². The lowest BCUT2D eigenvalue weighted by Crippen LogP contribution is -2.10. The Bertz CT molecular complexity index is 560. The zero-order valence-electron chi connectivity index (χ0n) is 13.6. The van der Waals surface area contributed by atoms with Crippen molar-refractivity contribution >= 4 is 0 Å². The van der Waals surface area contributed by atoms with Crippen LogP contribution in [0.3, 0.4) is 0 Å². The van der Waals surface area contributed by atoms with Crippen LogP contribution in [0.2, 0.25) is 0 Å². The SMILES string of the molecule is CCCC(O)c1ccn(Cc2ccc(C(C)(C)C)cc2)c1. The molecule has 1 aromatic heterocycles. The summed E-state index contributed by atoms with van der Waals surface area (Å²) < 4.78 is 2.14. The first-order valence-corrected chi connectivity index (χ1v) is 7.83. The number of aromatic nitrogens is 1. The van der Waals surface area contributed by atoms with E-state index in [9.17, 15) is 5.11 Å². The Morgan fingerprint density at radius 2 is 1.76 bits per heavy atom. The van der Waals surface area contributed by atoms with Gasteiger partial charge in [0.15, 0.2) is 0 Å². The monoisotopic (exact) mass is 285 g/mol. The molecule has 0 radical (unpaired) electrons. The van der Waals surface area contributed by atoms with Crippen LogP contribution < -0.4 is 0 Å². The van der Waals surface area contributed by atoms with Crippen LogP contribution in [0.1, 0.15) is 63.3 Å². The van der Waals surface area contributed by atoms with Gasteiger partial charge in [0, 0.05) is 18.9 Å². The molecule has 1 heterocycles. The molecule has 114 valence electrons. The van der Waals surface area contributed by atoms with Crippen molar-refractivity contribution in [3.05, 3.63) is 59.4 Å². The molecule has 0 saturated heterocycles. The lowest BCUT2D eigenvalue weighted by Gasteiger charge is -2.19. The van der Waals surface area contributed by atoms with E-state index >= 15 is 0 Å². The smallest absolute Gasteiger partial charge is 0.0804 e. The van der Waals surface area contributed by atoms with Gasteiger partial charge >= 0.3 is 0 Å². The third kappa shape index (κ3) is 4.21. The molecule has 1 aromatic carbocycles. The Kier molecular flexibility index (Phi) is 4.89. The second-order valence-corrected chi connectivity index (χ2v) is 6.87. The standard InChI is InChI=1S/C19H27NO/c1-5-6-18(21)16-11-12-20(14-16)13-15-7-9-17(10-8-15)19(2,3)4/h7-12,14,18,21H,5-6,13H2,1-4H3. The summed E-state index contributed by atoms with van der Waals surface area (Å²) in [5.74, 6) is 0. The molecule has 0 aliphatic carbocycles. The maximum Gasteiger partial charge on any atom is 0.0804 e. The van der Waals surface area contributed by atoms with E-state index < -0.39 is 0 Å². The number of aliphatic hydroxyl groups excluding tert-OH is 1. The molecular weight excluding hydrogens is 258 g/mol. The minimum Gasteiger partial charge on any atom is -0.388 e. The minimum atomic E-state index is -0.334. The van der Waals surface area contributed by atoms with E-state index in [1.165, 1.54) is 11.1 Å². The number of rotatable bonds is 5. The van der Waals surface area contributed by atoms with Gasteiger partial charge in [-0.25, -0.2) is 0 Å². The van der Waals surface area contributed by atoms with Crippen molar-refractivity contribution in [2.24, 2.45) is 0 Å². The molecule has 0 aliphatic heterocycles. The van der Waals surface area contributed by atoms with Gasteiger partial charge in [0.05, 0.1) is 6.10 Å². The minimum absolute atomic E-state index is 0.198. The fourth-order valence-electron chi connectivity index (χ4n) is 2.52. The Labute approximate surface area is 128 Å². The second kappa shape index (κ2) is 6.48. The van der Waals surface area contributed by atoms with Gasteiger partial charge in [-0.05, 0) is 34.6 Å². The molecule has 0 bridgehead atoms. The van der Waals surface area contributed by atoms with Gasteiger partial charge < -0.3 is 9.67 Å². The van der Waals surface area contributed by atoms with Crippen molar-refractivity contribution in [1.82, 2.24) is 4.57 Å². The Morgan fingerprint density at radius 1 is 1.10 bits per heavy atom. The van der Waals surface area contributed by atoms with Crippen LogP contribution in [-0.4, -0.2) is 9.67 Å². The summed E-state index contributed by atoms with van der Waals surface area (Å²) in [6.07, 6.45) is 5.59. The van der Waals surface area contributed by atoms with Gasteiger partial charge in [0.25, 0.3) is 0 Å². The Hall–Kier alpha value is -1.54. The third-order valence-corrected chi connectivity index (χ3v) is 3.91. The van der Waals surface area contributed by atoms with Gasteiger partial charge in [-0.15, -0.1) is 0 Å². The first kappa shape index (κ1) is 15.8. The lowest BCUT2D eigenvalue weighted by atomic mass is 9.87. The van der Waals surface area contributed by atoms with Gasteiger partial charge in [-0.1, -0.05) is 58.4 Å². The summed E-state index contributed by atoms with van der Waals surface area (Å²) >= 11 is 0. The maximum atomic E-state index is 10.0. The lowest BCUT2D eigenvalue weighted by molar-refractivity contribution is 0.166. The van der Waals surface area contributed by atoms with E-state index in [1.807, 2.05) is 12.3 Å². The maximum absolute atomic E-state index is 10.0. The summed E-state index contributed by atoms with van der Waals surface area (Å²) in [5.41, 5.74) is 3.86. The summed E-state index contributed by atoms with van der Waals surface area (Å²) in [7, 11) is 0.